The Kier molecular flexibility index (Phi) is 3.75. The summed E-state index contributed by atoms with van der Waals surface area (Å²) < 4.78 is 51.6. The standard InChI is InChI=1S/C12H10F4N4/c13-8-3-1-2-4-9(8)18-10-5-7(12(14,15)16)6-11(19-10)20-17/h1-6H,17H2,(H2,18,19,20). The smallest absolute Gasteiger partial charge is 0.338 e. The summed E-state index contributed by atoms with van der Waals surface area (Å²) >= 11 is 0. The van der Waals surface area contributed by atoms with Gasteiger partial charge in [0.15, 0.2) is 0 Å². The molecular weight excluding hydrogens is 276 g/mol. The number of nitrogens with zero attached hydrogens (tertiary/aromatic N) is 1. The van der Waals surface area contributed by atoms with Crippen LogP contribution in [0.15, 0.2) is 36.4 Å². The Balaban J connectivity index is 2.39. The highest BCUT2D eigenvalue weighted by molar-refractivity contribution is 5.60. The first kappa shape index (κ1) is 14.1. The largest absolute Gasteiger partial charge is 0.416 e. The number of rotatable bonds is 3. The van der Waals surface area contributed by atoms with Crippen molar-refractivity contribution in [3.05, 3.63) is 47.8 Å². The molecular formula is C12H10F4N4. The van der Waals surface area contributed by atoms with E-state index in [1.807, 2.05) is 5.43 Å². The first-order valence-corrected chi connectivity index (χ1v) is 5.47. The van der Waals surface area contributed by atoms with Crippen molar-refractivity contribution in [3.63, 3.8) is 0 Å². The van der Waals surface area contributed by atoms with Gasteiger partial charge < -0.3 is 10.7 Å². The first-order chi connectivity index (χ1) is 9.40. The van der Waals surface area contributed by atoms with Crippen molar-refractivity contribution in [1.82, 2.24) is 4.98 Å². The molecule has 0 amide bonds. The van der Waals surface area contributed by atoms with Crippen LogP contribution in [-0.4, -0.2) is 4.98 Å². The summed E-state index contributed by atoms with van der Waals surface area (Å²) in [6.45, 7) is 0. The second-order valence-electron chi connectivity index (χ2n) is 3.87. The molecule has 2 aromatic rings. The summed E-state index contributed by atoms with van der Waals surface area (Å²) in [4.78, 5) is 3.79. The summed E-state index contributed by atoms with van der Waals surface area (Å²) in [6, 6.07) is 7.10. The maximum atomic E-state index is 13.4. The summed E-state index contributed by atoms with van der Waals surface area (Å²) in [5.74, 6) is 4.12. The van der Waals surface area contributed by atoms with Gasteiger partial charge in [0.25, 0.3) is 0 Å². The third kappa shape index (κ3) is 3.15. The molecule has 0 fully saturated rings. The Hall–Kier alpha value is -2.35. The average molecular weight is 286 g/mol. The fraction of sp³-hybridized carbons (Fsp3) is 0.0833. The predicted molar refractivity (Wildman–Crippen MR) is 66.7 cm³/mol. The fourth-order valence-corrected chi connectivity index (χ4v) is 1.53. The molecule has 0 saturated carbocycles. The lowest BCUT2D eigenvalue weighted by atomic mass is 10.2. The van der Waals surface area contributed by atoms with Crippen molar-refractivity contribution in [2.75, 3.05) is 10.7 Å². The van der Waals surface area contributed by atoms with E-state index in [0.717, 1.165) is 12.1 Å². The summed E-state index contributed by atoms with van der Waals surface area (Å²) in [5.41, 5.74) is 1.11. The van der Waals surface area contributed by atoms with Crippen LogP contribution in [0.1, 0.15) is 5.56 Å². The Morgan fingerprint density at radius 1 is 1.05 bits per heavy atom. The Bertz CT molecular complexity index is 613. The van der Waals surface area contributed by atoms with Gasteiger partial charge in [-0.3, -0.25) is 0 Å². The van der Waals surface area contributed by atoms with E-state index >= 15 is 0 Å². The van der Waals surface area contributed by atoms with E-state index in [4.69, 9.17) is 5.84 Å². The monoisotopic (exact) mass is 286 g/mol. The second kappa shape index (κ2) is 5.33. The van der Waals surface area contributed by atoms with Crippen LogP contribution in [0, 0.1) is 5.82 Å². The molecule has 0 aliphatic rings. The van der Waals surface area contributed by atoms with Gasteiger partial charge in [-0.05, 0) is 24.3 Å². The number of hydrogen-bond donors (Lipinski definition) is 3. The Morgan fingerprint density at radius 3 is 2.30 bits per heavy atom. The summed E-state index contributed by atoms with van der Waals surface area (Å²) in [7, 11) is 0. The zero-order valence-electron chi connectivity index (χ0n) is 10.0. The van der Waals surface area contributed by atoms with Crippen LogP contribution in [0.4, 0.5) is 34.9 Å². The lowest BCUT2D eigenvalue weighted by Gasteiger charge is -2.12. The molecule has 4 nitrogen and oxygen atoms in total. The van der Waals surface area contributed by atoms with Crippen LogP contribution in [0.5, 0.6) is 0 Å². The third-order valence-corrected chi connectivity index (χ3v) is 2.44. The molecule has 8 heteroatoms. The molecule has 0 aliphatic heterocycles. The van der Waals surface area contributed by atoms with Gasteiger partial charge in [-0.1, -0.05) is 12.1 Å². The number of halogens is 4. The minimum atomic E-state index is -4.56. The van der Waals surface area contributed by atoms with Crippen molar-refractivity contribution >= 4 is 17.3 Å². The van der Waals surface area contributed by atoms with Crippen LogP contribution < -0.4 is 16.6 Å². The summed E-state index contributed by atoms with van der Waals surface area (Å²) in [5, 5.41) is 2.48. The van der Waals surface area contributed by atoms with Crippen molar-refractivity contribution in [1.29, 1.82) is 0 Å². The molecule has 0 aliphatic carbocycles. The number of nitrogens with one attached hydrogen (secondary N) is 2. The predicted octanol–water partition coefficient (Wildman–Crippen LogP) is 3.27. The second-order valence-corrected chi connectivity index (χ2v) is 3.87. The van der Waals surface area contributed by atoms with Crippen LogP contribution in [0.3, 0.4) is 0 Å². The molecule has 2 rings (SSSR count). The number of benzene rings is 1. The quantitative estimate of drug-likeness (QED) is 0.460. The molecule has 20 heavy (non-hydrogen) atoms. The van der Waals surface area contributed by atoms with Crippen LogP contribution in [-0.2, 0) is 6.18 Å². The zero-order chi connectivity index (χ0) is 14.8. The van der Waals surface area contributed by atoms with Gasteiger partial charge in [0.1, 0.15) is 17.5 Å². The average Bonchev–Trinajstić information content (AvgIpc) is 2.40. The lowest BCUT2D eigenvalue weighted by Crippen LogP contribution is -2.13. The van der Waals surface area contributed by atoms with Gasteiger partial charge in [-0.15, -0.1) is 0 Å². The van der Waals surface area contributed by atoms with E-state index in [9.17, 15) is 17.6 Å². The maximum absolute atomic E-state index is 13.4. The van der Waals surface area contributed by atoms with E-state index in [1.54, 1.807) is 6.07 Å². The molecule has 0 atom stereocenters. The van der Waals surface area contributed by atoms with Gasteiger partial charge in [-0.2, -0.15) is 13.2 Å². The van der Waals surface area contributed by atoms with Crippen LogP contribution in [0.2, 0.25) is 0 Å². The van der Waals surface area contributed by atoms with E-state index in [-0.39, 0.29) is 17.3 Å². The van der Waals surface area contributed by atoms with Crippen molar-refractivity contribution < 1.29 is 17.6 Å². The van der Waals surface area contributed by atoms with E-state index in [1.165, 1.54) is 18.2 Å². The highest BCUT2D eigenvalue weighted by Gasteiger charge is 2.31. The molecule has 106 valence electrons. The first-order valence-electron chi connectivity index (χ1n) is 5.47. The molecule has 0 bridgehead atoms. The summed E-state index contributed by atoms with van der Waals surface area (Å²) in [6.07, 6.45) is -4.56. The molecule has 0 saturated heterocycles. The topological polar surface area (TPSA) is 63.0 Å². The van der Waals surface area contributed by atoms with Crippen molar-refractivity contribution in [3.8, 4) is 0 Å². The number of anilines is 3. The third-order valence-electron chi connectivity index (χ3n) is 2.44. The number of hydrogen-bond acceptors (Lipinski definition) is 4. The minimum Gasteiger partial charge on any atom is -0.338 e. The highest BCUT2D eigenvalue weighted by Crippen LogP contribution is 2.32. The SMILES string of the molecule is NNc1cc(C(F)(F)F)cc(Nc2ccccc2F)n1. The highest BCUT2D eigenvalue weighted by atomic mass is 19.4. The lowest BCUT2D eigenvalue weighted by molar-refractivity contribution is -0.137. The van der Waals surface area contributed by atoms with Gasteiger partial charge in [0.2, 0.25) is 0 Å². The number of nitrogen functional groups attached to an aromatic ring is 1. The van der Waals surface area contributed by atoms with Crippen LogP contribution >= 0.6 is 0 Å². The van der Waals surface area contributed by atoms with Gasteiger partial charge in [0, 0.05) is 0 Å². The number of nitrogens with two attached hydrogens (primary N) is 1. The van der Waals surface area contributed by atoms with Gasteiger partial charge >= 0.3 is 6.18 Å². The molecule has 0 spiro atoms. The molecule has 1 heterocycles. The van der Waals surface area contributed by atoms with E-state index < -0.39 is 17.6 Å². The molecule has 1 aromatic carbocycles. The van der Waals surface area contributed by atoms with Crippen LogP contribution in [0.25, 0.3) is 0 Å². The molecule has 1 aromatic heterocycles. The Morgan fingerprint density at radius 2 is 1.70 bits per heavy atom. The van der Waals surface area contributed by atoms with E-state index in [2.05, 4.69) is 10.3 Å². The molecule has 0 unspecified atom stereocenters. The number of aromatic nitrogens is 1. The number of hydrazine groups is 1. The normalized spacial score (nSPS) is 11.2. The van der Waals surface area contributed by atoms with Crippen molar-refractivity contribution in [2.24, 2.45) is 5.84 Å². The number of para-hydroxylation sites is 1. The van der Waals surface area contributed by atoms with E-state index in [0.29, 0.717) is 0 Å². The zero-order valence-corrected chi connectivity index (χ0v) is 10.0. The Labute approximate surface area is 111 Å². The maximum Gasteiger partial charge on any atom is 0.416 e. The fourth-order valence-electron chi connectivity index (χ4n) is 1.53. The number of alkyl halides is 3. The minimum absolute atomic E-state index is 0.0160. The van der Waals surface area contributed by atoms with Gasteiger partial charge in [-0.25, -0.2) is 15.2 Å². The van der Waals surface area contributed by atoms with Gasteiger partial charge in [0.05, 0.1) is 11.3 Å². The number of pyridine rings is 1. The van der Waals surface area contributed by atoms with Crippen molar-refractivity contribution in [2.45, 2.75) is 6.18 Å². The molecule has 4 N–H and O–H groups in total. The molecule has 0 radical (unpaired) electrons.